The number of hydrogen-bond donors (Lipinski definition) is 4. The van der Waals surface area contributed by atoms with Gasteiger partial charge >= 0.3 is 0 Å². The molecule has 2 amide bonds. The molecule has 0 spiro atoms. The third-order valence-corrected chi connectivity index (χ3v) is 5.30. The van der Waals surface area contributed by atoms with Gasteiger partial charge in [-0.15, -0.1) is 0 Å². The molecule has 0 saturated carbocycles. The minimum absolute atomic E-state index is 0.248. The fraction of sp³-hybridized carbons (Fsp3) is 0.160. The molecule has 4 rings (SSSR count). The van der Waals surface area contributed by atoms with E-state index in [0.29, 0.717) is 29.2 Å². The van der Waals surface area contributed by atoms with E-state index in [2.05, 4.69) is 27.0 Å². The molecule has 0 aliphatic carbocycles. The molecule has 1 aliphatic heterocycles. The van der Waals surface area contributed by atoms with Gasteiger partial charge in [-0.2, -0.15) is 0 Å². The first-order valence-electron chi connectivity index (χ1n) is 10.5. The van der Waals surface area contributed by atoms with Gasteiger partial charge in [-0.25, -0.2) is 4.98 Å². The summed E-state index contributed by atoms with van der Waals surface area (Å²) >= 11 is 0. The molecule has 0 saturated heterocycles. The Morgan fingerprint density at radius 1 is 0.906 bits per heavy atom. The third-order valence-electron chi connectivity index (χ3n) is 5.30. The van der Waals surface area contributed by atoms with Gasteiger partial charge in [0, 0.05) is 36.1 Å². The Morgan fingerprint density at radius 3 is 2.16 bits per heavy atom. The average Bonchev–Trinajstić information content (AvgIpc) is 2.85. The number of anilines is 2. The number of hydrogen-bond acceptors (Lipinski definition) is 5. The van der Waals surface area contributed by atoms with Crippen molar-refractivity contribution < 1.29 is 9.59 Å². The molecule has 1 aromatic heterocycles. The number of nitrogens with one attached hydrogen (secondary N) is 3. The maximum Gasteiger partial charge on any atom is 0.256 e. The molecule has 32 heavy (non-hydrogen) atoms. The van der Waals surface area contributed by atoms with Crippen molar-refractivity contribution in [1.82, 2.24) is 10.3 Å². The molecule has 0 bridgehead atoms. The van der Waals surface area contributed by atoms with E-state index in [9.17, 15) is 9.59 Å². The van der Waals surface area contributed by atoms with E-state index < -0.39 is 0 Å². The van der Waals surface area contributed by atoms with E-state index in [-0.39, 0.29) is 11.8 Å². The van der Waals surface area contributed by atoms with Crippen LogP contribution in [-0.2, 0) is 6.54 Å². The summed E-state index contributed by atoms with van der Waals surface area (Å²) < 4.78 is 0. The molecule has 162 valence electrons. The summed E-state index contributed by atoms with van der Waals surface area (Å²) in [5, 5.41) is 8.91. The molecule has 3 aromatic rings. The van der Waals surface area contributed by atoms with Crippen LogP contribution in [0.5, 0.6) is 0 Å². The highest BCUT2D eigenvalue weighted by Crippen LogP contribution is 2.20. The first kappa shape index (κ1) is 21.4. The second-order valence-corrected chi connectivity index (χ2v) is 7.50. The summed E-state index contributed by atoms with van der Waals surface area (Å²) in [5.41, 5.74) is 10.5. The lowest BCUT2D eigenvalue weighted by Crippen LogP contribution is -2.20. The normalized spacial score (nSPS) is 13.2. The fourth-order valence-electron chi connectivity index (χ4n) is 3.43. The maximum atomic E-state index is 12.6. The number of benzene rings is 2. The van der Waals surface area contributed by atoms with Crippen molar-refractivity contribution in [3.05, 3.63) is 95.2 Å². The summed E-state index contributed by atoms with van der Waals surface area (Å²) in [4.78, 5) is 29.4. The monoisotopic (exact) mass is 427 g/mol. The van der Waals surface area contributed by atoms with Gasteiger partial charge in [-0.05, 0) is 78.2 Å². The van der Waals surface area contributed by atoms with E-state index >= 15 is 0 Å². The van der Waals surface area contributed by atoms with Gasteiger partial charge in [0.05, 0.1) is 0 Å². The second-order valence-electron chi connectivity index (χ2n) is 7.50. The number of carbonyl (C=O) groups excluding carboxylic acids is 2. The second kappa shape index (κ2) is 10.00. The molecule has 1 aliphatic rings. The molecule has 7 heteroatoms. The number of nitrogens with two attached hydrogens (primary N) is 1. The standard InChI is InChI=1S/C25H25N5O2/c26-15-17-1-8-22(9-2-17)29-24(31)19-3-5-20(6-4-19)25(32)30-23-10-7-21(16-28-23)18-11-13-27-14-12-18/h1-11,16,27H,12-15,26H2,(H,29,31)(H,28,30,32). The summed E-state index contributed by atoms with van der Waals surface area (Å²) in [5.74, 6) is -0.0476. The highest BCUT2D eigenvalue weighted by atomic mass is 16.2. The van der Waals surface area contributed by atoms with Crippen molar-refractivity contribution in [2.24, 2.45) is 5.73 Å². The van der Waals surface area contributed by atoms with E-state index in [1.165, 1.54) is 5.57 Å². The topological polar surface area (TPSA) is 109 Å². The molecule has 0 fully saturated rings. The highest BCUT2D eigenvalue weighted by molar-refractivity contribution is 6.07. The number of pyridine rings is 1. The number of carbonyl (C=O) groups is 2. The smallest absolute Gasteiger partial charge is 0.256 e. The van der Waals surface area contributed by atoms with Crippen LogP contribution in [0.25, 0.3) is 5.57 Å². The fourth-order valence-corrected chi connectivity index (χ4v) is 3.43. The van der Waals surface area contributed by atoms with Crippen LogP contribution in [0.2, 0.25) is 0 Å². The van der Waals surface area contributed by atoms with E-state index in [1.807, 2.05) is 30.3 Å². The number of rotatable bonds is 6. The maximum absolute atomic E-state index is 12.6. The van der Waals surface area contributed by atoms with Crippen LogP contribution in [0.3, 0.4) is 0 Å². The Kier molecular flexibility index (Phi) is 6.69. The first-order valence-corrected chi connectivity index (χ1v) is 10.5. The zero-order valence-electron chi connectivity index (χ0n) is 17.6. The predicted octanol–water partition coefficient (Wildman–Crippen LogP) is 3.42. The van der Waals surface area contributed by atoms with Gasteiger partial charge in [0.25, 0.3) is 11.8 Å². The number of amides is 2. The van der Waals surface area contributed by atoms with Crippen molar-refractivity contribution in [3.63, 3.8) is 0 Å². The van der Waals surface area contributed by atoms with Gasteiger partial charge in [-0.3, -0.25) is 9.59 Å². The molecule has 2 aromatic carbocycles. The van der Waals surface area contributed by atoms with Crippen LogP contribution in [0.15, 0.2) is 72.9 Å². The van der Waals surface area contributed by atoms with Crippen LogP contribution in [0.1, 0.15) is 38.3 Å². The Balaban J connectivity index is 1.36. The van der Waals surface area contributed by atoms with Crippen molar-refractivity contribution in [2.75, 3.05) is 23.7 Å². The lowest BCUT2D eigenvalue weighted by molar-refractivity contribution is 0.101. The summed E-state index contributed by atoms with van der Waals surface area (Å²) in [6.07, 6.45) is 4.90. The molecule has 0 unspecified atom stereocenters. The minimum Gasteiger partial charge on any atom is -0.326 e. The largest absolute Gasteiger partial charge is 0.326 e. The van der Waals surface area contributed by atoms with Gasteiger partial charge in [-0.1, -0.05) is 18.2 Å². The lowest BCUT2D eigenvalue weighted by Gasteiger charge is -2.14. The summed E-state index contributed by atoms with van der Waals surface area (Å²) in [6.45, 7) is 2.27. The van der Waals surface area contributed by atoms with Gasteiger partial charge in [0.2, 0.25) is 0 Å². The zero-order chi connectivity index (χ0) is 22.3. The van der Waals surface area contributed by atoms with Crippen molar-refractivity contribution >= 4 is 28.9 Å². The molecular formula is C25H25N5O2. The SMILES string of the molecule is NCc1ccc(NC(=O)c2ccc(C(=O)Nc3ccc(C4=CCNCC4)cn3)cc2)cc1. The van der Waals surface area contributed by atoms with Crippen molar-refractivity contribution in [2.45, 2.75) is 13.0 Å². The Hall–Kier alpha value is -3.81. The van der Waals surface area contributed by atoms with E-state index in [1.54, 1.807) is 36.5 Å². The Morgan fingerprint density at radius 2 is 1.59 bits per heavy atom. The summed E-state index contributed by atoms with van der Waals surface area (Å²) in [7, 11) is 0. The Labute approximate surface area is 186 Å². The van der Waals surface area contributed by atoms with Gasteiger partial charge < -0.3 is 21.7 Å². The minimum atomic E-state index is -0.282. The quantitative estimate of drug-likeness (QED) is 0.482. The van der Waals surface area contributed by atoms with Crippen LogP contribution in [0, 0.1) is 0 Å². The van der Waals surface area contributed by atoms with Crippen LogP contribution in [-0.4, -0.2) is 29.9 Å². The van der Waals surface area contributed by atoms with Crippen LogP contribution < -0.4 is 21.7 Å². The molecule has 7 nitrogen and oxygen atoms in total. The highest BCUT2D eigenvalue weighted by Gasteiger charge is 2.11. The van der Waals surface area contributed by atoms with E-state index in [4.69, 9.17) is 5.73 Å². The molecule has 0 atom stereocenters. The number of aromatic nitrogens is 1. The lowest BCUT2D eigenvalue weighted by atomic mass is 10.0. The first-order chi connectivity index (χ1) is 15.6. The zero-order valence-corrected chi connectivity index (χ0v) is 17.6. The average molecular weight is 428 g/mol. The molecule has 0 radical (unpaired) electrons. The molecular weight excluding hydrogens is 402 g/mol. The van der Waals surface area contributed by atoms with Crippen molar-refractivity contribution in [3.8, 4) is 0 Å². The third kappa shape index (κ3) is 5.26. The van der Waals surface area contributed by atoms with Gasteiger partial charge in [0.15, 0.2) is 0 Å². The summed E-state index contributed by atoms with van der Waals surface area (Å²) in [6, 6.07) is 17.6. The molecule has 5 N–H and O–H groups in total. The van der Waals surface area contributed by atoms with Crippen LogP contribution in [0.4, 0.5) is 11.5 Å². The Bertz CT molecular complexity index is 1120. The van der Waals surface area contributed by atoms with Crippen LogP contribution >= 0.6 is 0 Å². The van der Waals surface area contributed by atoms with E-state index in [0.717, 1.165) is 30.6 Å². The molecule has 2 heterocycles. The van der Waals surface area contributed by atoms with Crippen molar-refractivity contribution in [1.29, 1.82) is 0 Å². The number of nitrogens with zero attached hydrogens (tertiary/aromatic N) is 1. The van der Waals surface area contributed by atoms with Gasteiger partial charge in [0.1, 0.15) is 5.82 Å². The predicted molar refractivity (Wildman–Crippen MR) is 126 cm³/mol.